The lowest BCUT2D eigenvalue weighted by Gasteiger charge is -2.43. The molecule has 0 aliphatic carbocycles. The SMILES string of the molecule is O=C(OCC(F)(F)C(F)(F)C(F)(F)C(F)(F)C(F)(F)C(F)(F)C(F)(F)C(F)(F)CO)c1ccc(Oc2ccccc2)cc1. The van der Waals surface area contributed by atoms with Crippen LogP contribution in [0.3, 0.4) is 0 Å². The zero-order valence-corrected chi connectivity index (χ0v) is 20.3. The molecule has 0 radical (unpaired) electrons. The lowest BCUT2D eigenvalue weighted by Crippen LogP contribution is -2.75. The molecular formula is C23H14F16O4. The molecular weight excluding hydrogens is 644 g/mol. The van der Waals surface area contributed by atoms with E-state index in [1.165, 1.54) is 12.1 Å². The van der Waals surface area contributed by atoms with Crippen LogP contribution in [0.4, 0.5) is 70.2 Å². The summed E-state index contributed by atoms with van der Waals surface area (Å²) in [5.41, 5.74) is -0.783. The predicted octanol–water partition coefficient (Wildman–Crippen LogP) is 7.71. The molecule has 0 heterocycles. The van der Waals surface area contributed by atoms with Gasteiger partial charge in [-0.25, -0.2) is 4.79 Å². The van der Waals surface area contributed by atoms with Crippen molar-refractivity contribution in [3.63, 3.8) is 0 Å². The van der Waals surface area contributed by atoms with Crippen LogP contribution in [0.25, 0.3) is 0 Å². The molecule has 20 heteroatoms. The Morgan fingerprint density at radius 1 is 0.535 bits per heavy atom. The van der Waals surface area contributed by atoms with Crippen molar-refractivity contribution >= 4 is 5.97 Å². The standard InChI is InChI=1S/C23H14F16O4/c24-16(25,10-40)18(28,29)20(32,33)22(36,37)23(38,39)21(34,35)19(30,31)17(26,27)11-42-15(41)12-6-8-14(9-7-12)43-13-4-2-1-3-5-13/h1-9,40H,10-11H2. The Balaban J connectivity index is 2.30. The van der Waals surface area contributed by atoms with Crippen LogP contribution in [0.15, 0.2) is 54.6 Å². The fourth-order valence-electron chi connectivity index (χ4n) is 2.96. The number of aliphatic hydroxyl groups excluding tert-OH is 1. The van der Waals surface area contributed by atoms with Gasteiger partial charge in [-0.2, -0.15) is 70.2 Å². The third-order valence-electron chi connectivity index (χ3n) is 5.54. The summed E-state index contributed by atoms with van der Waals surface area (Å²) < 4.78 is 227. The van der Waals surface area contributed by atoms with Gasteiger partial charge in [-0.1, -0.05) is 18.2 Å². The number of aliphatic hydroxyl groups is 1. The minimum Gasteiger partial charge on any atom is -0.457 e. The molecule has 4 nitrogen and oxygen atoms in total. The van der Waals surface area contributed by atoms with E-state index in [0.717, 1.165) is 24.3 Å². The Labute approximate surface area is 228 Å². The predicted molar refractivity (Wildman–Crippen MR) is 110 cm³/mol. The van der Waals surface area contributed by atoms with Crippen molar-refractivity contribution in [2.24, 2.45) is 0 Å². The highest BCUT2D eigenvalue weighted by molar-refractivity contribution is 5.89. The zero-order valence-electron chi connectivity index (χ0n) is 20.3. The summed E-state index contributed by atoms with van der Waals surface area (Å²) in [4.78, 5) is 11.9. The van der Waals surface area contributed by atoms with Gasteiger partial charge in [0.05, 0.1) is 5.56 Å². The number of rotatable bonds is 13. The summed E-state index contributed by atoms with van der Waals surface area (Å²) in [5.74, 6) is -65.1. The number of carbonyl (C=O) groups excluding carboxylic acids is 1. The van der Waals surface area contributed by atoms with Crippen molar-refractivity contribution in [2.75, 3.05) is 13.2 Å². The average molecular weight is 658 g/mol. The molecule has 0 fully saturated rings. The zero-order chi connectivity index (χ0) is 33.5. The van der Waals surface area contributed by atoms with Crippen LogP contribution in [0, 0.1) is 0 Å². The van der Waals surface area contributed by atoms with Gasteiger partial charge in [0.15, 0.2) is 6.61 Å². The van der Waals surface area contributed by atoms with Gasteiger partial charge in [-0.15, -0.1) is 0 Å². The van der Waals surface area contributed by atoms with Crippen LogP contribution in [-0.2, 0) is 4.74 Å². The van der Waals surface area contributed by atoms with Crippen LogP contribution in [0.5, 0.6) is 11.5 Å². The summed E-state index contributed by atoms with van der Waals surface area (Å²) in [6.45, 7) is -6.76. The Morgan fingerprint density at radius 3 is 1.33 bits per heavy atom. The number of hydrogen-bond donors (Lipinski definition) is 1. The van der Waals surface area contributed by atoms with E-state index in [4.69, 9.17) is 9.84 Å². The molecule has 2 aromatic rings. The number of esters is 1. The first-order chi connectivity index (χ1) is 19.2. The van der Waals surface area contributed by atoms with Crippen molar-refractivity contribution in [2.45, 2.75) is 47.4 Å². The number of hydrogen-bond acceptors (Lipinski definition) is 4. The average Bonchev–Trinajstić information content (AvgIpc) is 2.91. The highest BCUT2D eigenvalue weighted by Gasteiger charge is 2.94. The Kier molecular flexibility index (Phi) is 9.34. The van der Waals surface area contributed by atoms with Gasteiger partial charge in [0.25, 0.3) is 0 Å². The molecule has 0 atom stereocenters. The second kappa shape index (κ2) is 11.2. The molecule has 0 bridgehead atoms. The van der Waals surface area contributed by atoms with Crippen molar-refractivity contribution in [1.82, 2.24) is 0 Å². The molecule has 2 aromatic carbocycles. The summed E-state index contributed by atoms with van der Waals surface area (Å²) in [7, 11) is 0. The topological polar surface area (TPSA) is 55.8 Å². The van der Waals surface area contributed by atoms with Crippen molar-refractivity contribution in [3.05, 3.63) is 60.2 Å². The first kappa shape index (κ1) is 35.7. The fourth-order valence-corrected chi connectivity index (χ4v) is 2.96. The third-order valence-corrected chi connectivity index (χ3v) is 5.54. The number of para-hydroxylation sites is 1. The van der Waals surface area contributed by atoms with Gasteiger partial charge >= 0.3 is 53.3 Å². The van der Waals surface area contributed by atoms with Crippen LogP contribution >= 0.6 is 0 Å². The maximum Gasteiger partial charge on any atom is 0.385 e. The number of ether oxygens (including phenoxy) is 2. The molecule has 2 rings (SSSR count). The van der Waals surface area contributed by atoms with Gasteiger partial charge in [0.2, 0.25) is 0 Å². The molecule has 0 amide bonds. The van der Waals surface area contributed by atoms with Gasteiger partial charge in [0.1, 0.15) is 18.1 Å². The van der Waals surface area contributed by atoms with Gasteiger partial charge < -0.3 is 14.6 Å². The van der Waals surface area contributed by atoms with Crippen LogP contribution in [-0.4, -0.2) is 71.7 Å². The first-order valence-corrected chi connectivity index (χ1v) is 10.9. The number of alkyl halides is 16. The fraction of sp³-hybridized carbons (Fsp3) is 0.435. The number of benzene rings is 2. The van der Waals surface area contributed by atoms with Crippen molar-refractivity contribution < 1.29 is 89.6 Å². The lowest BCUT2D eigenvalue weighted by molar-refractivity contribution is -0.454. The molecule has 0 saturated heterocycles. The monoisotopic (exact) mass is 658 g/mol. The van der Waals surface area contributed by atoms with E-state index in [9.17, 15) is 75.0 Å². The maximum absolute atomic E-state index is 14.0. The minimum absolute atomic E-state index is 0.0125. The lowest BCUT2D eigenvalue weighted by atomic mass is 9.88. The largest absolute Gasteiger partial charge is 0.457 e. The molecule has 0 saturated carbocycles. The van der Waals surface area contributed by atoms with E-state index in [1.54, 1.807) is 18.2 Å². The van der Waals surface area contributed by atoms with E-state index in [1.807, 2.05) is 0 Å². The van der Waals surface area contributed by atoms with Crippen LogP contribution in [0.1, 0.15) is 10.4 Å². The van der Waals surface area contributed by atoms with Crippen LogP contribution in [0.2, 0.25) is 0 Å². The highest BCUT2D eigenvalue weighted by Crippen LogP contribution is 2.63. The summed E-state index contributed by atoms with van der Waals surface area (Å²) in [6.07, 6.45) is 0. The minimum atomic E-state index is -8.62. The molecule has 0 aliphatic heterocycles. The molecule has 1 N–H and O–H groups in total. The molecule has 0 aromatic heterocycles. The Hall–Kier alpha value is -3.45. The quantitative estimate of drug-likeness (QED) is 0.177. The van der Waals surface area contributed by atoms with E-state index < -0.39 is 72.1 Å². The molecule has 0 unspecified atom stereocenters. The van der Waals surface area contributed by atoms with Crippen LogP contribution < -0.4 is 4.74 Å². The first-order valence-electron chi connectivity index (χ1n) is 10.9. The number of carbonyl (C=O) groups is 1. The van der Waals surface area contributed by atoms with Gasteiger partial charge in [0, 0.05) is 0 Å². The van der Waals surface area contributed by atoms with E-state index in [-0.39, 0.29) is 11.5 Å². The van der Waals surface area contributed by atoms with Crippen molar-refractivity contribution in [1.29, 1.82) is 0 Å². The Bertz CT molecular complexity index is 1260. The maximum atomic E-state index is 14.0. The number of halogens is 16. The molecule has 0 aliphatic rings. The van der Waals surface area contributed by atoms with Gasteiger partial charge in [-0.05, 0) is 36.4 Å². The second-order valence-corrected chi connectivity index (χ2v) is 8.53. The summed E-state index contributed by atoms with van der Waals surface area (Å²) in [6, 6.07) is 11.1. The molecule has 0 spiro atoms. The van der Waals surface area contributed by atoms with Crippen molar-refractivity contribution in [3.8, 4) is 11.5 Å². The summed E-state index contributed by atoms with van der Waals surface area (Å²) in [5, 5.41) is 8.01. The Morgan fingerprint density at radius 2 is 0.907 bits per heavy atom. The van der Waals surface area contributed by atoms with Gasteiger partial charge in [-0.3, -0.25) is 0 Å². The van der Waals surface area contributed by atoms with E-state index >= 15 is 0 Å². The van der Waals surface area contributed by atoms with E-state index in [2.05, 4.69) is 4.74 Å². The molecule has 43 heavy (non-hydrogen) atoms. The normalized spacial score (nSPS) is 14.4. The molecule has 242 valence electrons. The second-order valence-electron chi connectivity index (χ2n) is 8.53. The smallest absolute Gasteiger partial charge is 0.385 e. The van der Waals surface area contributed by atoms with E-state index in [0.29, 0.717) is 0 Å². The highest BCUT2D eigenvalue weighted by atomic mass is 19.4. The third kappa shape index (κ3) is 5.76. The summed E-state index contributed by atoms with van der Waals surface area (Å²) >= 11 is 0.